The van der Waals surface area contributed by atoms with Crippen molar-refractivity contribution < 1.29 is 18.3 Å². The lowest BCUT2D eigenvalue weighted by Gasteiger charge is -2.07. The summed E-state index contributed by atoms with van der Waals surface area (Å²) in [7, 11) is 1.53. The molecule has 0 saturated heterocycles. The van der Waals surface area contributed by atoms with E-state index in [0.29, 0.717) is 11.4 Å². The Kier molecular flexibility index (Phi) is 3.98. The molecule has 0 atom stereocenters. The fourth-order valence-corrected chi connectivity index (χ4v) is 1.65. The maximum atomic E-state index is 13.4. The number of carbonyl (C=O) groups is 1. The van der Waals surface area contributed by atoms with Crippen molar-refractivity contribution in [3.05, 3.63) is 59.2 Å². The molecule has 2 aromatic rings. The second-order valence-corrected chi connectivity index (χ2v) is 4.25. The molecule has 0 heterocycles. The van der Waals surface area contributed by atoms with E-state index in [1.165, 1.54) is 14.0 Å². The topological polar surface area (TPSA) is 38.3 Å². The van der Waals surface area contributed by atoms with Crippen molar-refractivity contribution in [2.24, 2.45) is 0 Å². The van der Waals surface area contributed by atoms with Gasteiger partial charge in [-0.15, -0.1) is 0 Å². The van der Waals surface area contributed by atoms with E-state index in [0.717, 1.165) is 12.1 Å². The molecular weight excluding hydrogens is 264 g/mol. The van der Waals surface area contributed by atoms with Crippen molar-refractivity contribution >= 4 is 11.6 Å². The molecule has 0 aliphatic carbocycles. The first kappa shape index (κ1) is 14.0. The van der Waals surface area contributed by atoms with Crippen LogP contribution < -0.4 is 10.1 Å². The van der Waals surface area contributed by atoms with Crippen molar-refractivity contribution in [2.45, 2.75) is 6.92 Å². The molecule has 20 heavy (non-hydrogen) atoms. The molecule has 0 fully saturated rings. The number of rotatable bonds is 3. The Morgan fingerprint density at radius 2 is 1.65 bits per heavy atom. The van der Waals surface area contributed by atoms with Gasteiger partial charge in [-0.25, -0.2) is 8.78 Å². The van der Waals surface area contributed by atoms with Gasteiger partial charge in [0.05, 0.1) is 7.11 Å². The Morgan fingerprint density at radius 3 is 2.15 bits per heavy atom. The van der Waals surface area contributed by atoms with Gasteiger partial charge >= 0.3 is 0 Å². The minimum Gasteiger partial charge on any atom is -0.497 e. The number of carbonyl (C=O) groups excluding carboxylic acids is 1. The van der Waals surface area contributed by atoms with Crippen LogP contribution in [0.5, 0.6) is 5.75 Å². The van der Waals surface area contributed by atoms with Gasteiger partial charge in [-0.2, -0.15) is 0 Å². The molecule has 1 N–H and O–H groups in total. The maximum absolute atomic E-state index is 13.4. The number of ether oxygens (including phenoxy) is 1. The molecule has 0 radical (unpaired) electrons. The first-order chi connectivity index (χ1) is 9.51. The van der Waals surface area contributed by atoms with Gasteiger partial charge in [0.1, 0.15) is 17.4 Å². The van der Waals surface area contributed by atoms with Crippen LogP contribution in [-0.2, 0) is 0 Å². The molecule has 0 bridgehead atoms. The third kappa shape index (κ3) is 2.93. The van der Waals surface area contributed by atoms with Crippen molar-refractivity contribution in [3.8, 4) is 5.75 Å². The lowest BCUT2D eigenvalue weighted by atomic mass is 10.1. The Balaban J connectivity index is 2.19. The third-order valence-electron chi connectivity index (χ3n) is 2.89. The van der Waals surface area contributed by atoms with Crippen molar-refractivity contribution in [1.29, 1.82) is 0 Å². The summed E-state index contributed by atoms with van der Waals surface area (Å²) in [5, 5.41) is 2.56. The van der Waals surface area contributed by atoms with Crippen LogP contribution in [0.15, 0.2) is 36.4 Å². The zero-order chi connectivity index (χ0) is 14.7. The number of methoxy groups -OCH3 is 1. The van der Waals surface area contributed by atoms with Crippen LogP contribution >= 0.6 is 0 Å². The smallest absolute Gasteiger partial charge is 0.255 e. The Bertz CT molecular complexity index is 616. The predicted octanol–water partition coefficient (Wildman–Crippen LogP) is 3.53. The number of benzene rings is 2. The average Bonchev–Trinajstić information content (AvgIpc) is 2.45. The highest BCUT2D eigenvalue weighted by molar-refractivity contribution is 6.04. The summed E-state index contributed by atoms with van der Waals surface area (Å²) in [6, 6.07) is 8.64. The molecule has 0 unspecified atom stereocenters. The van der Waals surface area contributed by atoms with Gasteiger partial charge in [0.15, 0.2) is 0 Å². The molecule has 5 heteroatoms. The first-order valence-electron chi connectivity index (χ1n) is 5.92. The van der Waals surface area contributed by atoms with E-state index in [1.54, 1.807) is 24.3 Å². The minimum atomic E-state index is -0.745. The highest BCUT2D eigenvalue weighted by Crippen LogP contribution is 2.18. The minimum absolute atomic E-state index is 0.0681. The lowest BCUT2D eigenvalue weighted by molar-refractivity contribution is 0.102. The van der Waals surface area contributed by atoms with Crippen LogP contribution in [0.1, 0.15) is 15.9 Å². The highest BCUT2D eigenvalue weighted by Gasteiger charge is 2.12. The number of nitrogens with one attached hydrogen (secondary N) is 1. The number of hydrogen-bond acceptors (Lipinski definition) is 2. The quantitative estimate of drug-likeness (QED) is 0.932. The van der Waals surface area contributed by atoms with E-state index in [9.17, 15) is 13.6 Å². The van der Waals surface area contributed by atoms with Gasteiger partial charge in [0.25, 0.3) is 5.91 Å². The van der Waals surface area contributed by atoms with Gasteiger partial charge in [-0.1, -0.05) is 0 Å². The summed E-state index contributed by atoms with van der Waals surface area (Å²) in [4.78, 5) is 11.9. The summed E-state index contributed by atoms with van der Waals surface area (Å²) >= 11 is 0. The number of amides is 1. The largest absolute Gasteiger partial charge is 0.497 e. The first-order valence-corrected chi connectivity index (χ1v) is 5.92. The predicted molar refractivity (Wildman–Crippen MR) is 72.0 cm³/mol. The second-order valence-electron chi connectivity index (χ2n) is 4.25. The molecular formula is C15H13F2NO2. The third-order valence-corrected chi connectivity index (χ3v) is 2.89. The number of halogens is 2. The standard InChI is InChI=1S/C15H13F2NO2/c1-9-13(16)7-10(8-14(9)17)15(19)18-11-3-5-12(20-2)6-4-11/h3-8H,1-2H3,(H,18,19). The monoisotopic (exact) mass is 277 g/mol. The van der Waals surface area contributed by atoms with Crippen LogP contribution in [0.2, 0.25) is 0 Å². The number of hydrogen-bond donors (Lipinski definition) is 1. The molecule has 2 aromatic carbocycles. The van der Waals surface area contributed by atoms with Crippen LogP contribution in [0.3, 0.4) is 0 Å². The van der Waals surface area contributed by atoms with Crippen molar-refractivity contribution in [3.63, 3.8) is 0 Å². The van der Waals surface area contributed by atoms with Crippen molar-refractivity contribution in [2.75, 3.05) is 12.4 Å². The zero-order valence-corrected chi connectivity index (χ0v) is 11.0. The van der Waals surface area contributed by atoms with E-state index < -0.39 is 17.5 Å². The van der Waals surface area contributed by atoms with Crippen molar-refractivity contribution in [1.82, 2.24) is 0 Å². The second kappa shape index (κ2) is 5.69. The lowest BCUT2D eigenvalue weighted by Crippen LogP contribution is -2.13. The van der Waals surface area contributed by atoms with E-state index in [-0.39, 0.29) is 11.1 Å². The number of anilines is 1. The summed E-state index contributed by atoms with van der Waals surface area (Å²) in [5.41, 5.74) is 0.338. The Morgan fingerprint density at radius 1 is 1.10 bits per heavy atom. The highest BCUT2D eigenvalue weighted by atomic mass is 19.1. The van der Waals surface area contributed by atoms with Crippen LogP contribution in [0.25, 0.3) is 0 Å². The van der Waals surface area contributed by atoms with Gasteiger partial charge in [0, 0.05) is 16.8 Å². The summed E-state index contributed by atoms with van der Waals surface area (Å²) in [5.74, 6) is -1.42. The average molecular weight is 277 g/mol. The summed E-state index contributed by atoms with van der Waals surface area (Å²) < 4.78 is 31.8. The molecule has 0 aliphatic rings. The normalized spacial score (nSPS) is 10.2. The van der Waals surface area contributed by atoms with Gasteiger partial charge in [0.2, 0.25) is 0 Å². The molecule has 104 valence electrons. The molecule has 2 rings (SSSR count). The van der Waals surface area contributed by atoms with Crippen LogP contribution in [0.4, 0.5) is 14.5 Å². The van der Waals surface area contributed by atoms with Gasteiger partial charge in [-0.05, 0) is 43.3 Å². The Hall–Kier alpha value is -2.43. The molecule has 3 nitrogen and oxygen atoms in total. The van der Waals surface area contributed by atoms with E-state index in [1.807, 2.05) is 0 Å². The van der Waals surface area contributed by atoms with E-state index in [2.05, 4.69) is 5.32 Å². The fourth-order valence-electron chi connectivity index (χ4n) is 1.65. The van der Waals surface area contributed by atoms with Crippen LogP contribution in [-0.4, -0.2) is 13.0 Å². The fraction of sp³-hybridized carbons (Fsp3) is 0.133. The molecule has 0 spiro atoms. The molecule has 0 aliphatic heterocycles. The molecule has 0 saturated carbocycles. The Labute approximate surface area is 115 Å². The summed E-state index contributed by atoms with van der Waals surface area (Å²) in [6.07, 6.45) is 0. The summed E-state index contributed by atoms with van der Waals surface area (Å²) in [6.45, 7) is 1.32. The maximum Gasteiger partial charge on any atom is 0.255 e. The van der Waals surface area contributed by atoms with Gasteiger partial charge in [-0.3, -0.25) is 4.79 Å². The van der Waals surface area contributed by atoms with Gasteiger partial charge < -0.3 is 10.1 Å². The van der Waals surface area contributed by atoms with Crippen LogP contribution in [0, 0.1) is 18.6 Å². The van der Waals surface area contributed by atoms with E-state index in [4.69, 9.17) is 4.74 Å². The zero-order valence-electron chi connectivity index (χ0n) is 11.0. The van der Waals surface area contributed by atoms with E-state index >= 15 is 0 Å². The molecule has 0 aromatic heterocycles. The molecule has 1 amide bonds. The SMILES string of the molecule is COc1ccc(NC(=O)c2cc(F)c(C)c(F)c2)cc1.